The lowest BCUT2D eigenvalue weighted by molar-refractivity contribution is -0.122. The van der Waals surface area contributed by atoms with E-state index in [0.29, 0.717) is 0 Å². The largest absolute Gasteiger partial charge is 0.476 e. The molecule has 0 aliphatic heterocycles. The van der Waals surface area contributed by atoms with Crippen LogP contribution in [0.1, 0.15) is 29.4 Å². The summed E-state index contributed by atoms with van der Waals surface area (Å²) in [5.74, 6) is -1.64. The number of carboxylic acids is 1. The van der Waals surface area contributed by atoms with Crippen LogP contribution in [0.4, 0.5) is 0 Å². The molecule has 0 spiro atoms. The fourth-order valence-corrected chi connectivity index (χ4v) is 3.06. The molecule has 144 valence electrons. The van der Waals surface area contributed by atoms with E-state index in [4.69, 9.17) is 0 Å². The standard InChI is InChI=1S/C21H21N3O4/c1-14(11-12-15-7-3-2-4-8-15)22-18(25)13-24-20(26)17-10-6-5-9-16(17)19(23-24)21(27)28/h2-10,14H,11-13H2,1H3,(H,22,25)(H,27,28)/t14-/m0/s1. The highest BCUT2D eigenvalue weighted by Gasteiger charge is 2.17. The van der Waals surface area contributed by atoms with Crippen LogP contribution in [0.5, 0.6) is 0 Å². The molecule has 0 fully saturated rings. The van der Waals surface area contributed by atoms with Crippen molar-refractivity contribution in [2.45, 2.75) is 32.4 Å². The number of aromatic carboxylic acids is 1. The summed E-state index contributed by atoms with van der Waals surface area (Å²) < 4.78 is 0.908. The second-order valence-electron chi connectivity index (χ2n) is 6.65. The van der Waals surface area contributed by atoms with Gasteiger partial charge in [0.2, 0.25) is 5.91 Å². The zero-order valence-corrected chi connectivity index (χ0v) is 15.5. The van der Waals surface area contributed by atoms with Crippen LogP contribution in [-0.2, 0) is 17.8 Å². The average Bonchev–Trinajstić information content (AvgIpc) is 2.69. The summed E-state index contributed by atoms with van der Waals surface area (Å²) in [5, 5.41) is 16.6. The normalized spacial score (nSPS) is 11.9. The third-order valence-electron chi connectivity index (χ3n) is 4.48. The number of carbonyl (C=O) groups excluding carboxylic acids is 1. The minimum Gasteiger partial charge on any atom is -0.476 e. The number of hydrogen-bond acceptors (Lipinski definition) is 4. The summed E-state index contributed by atoms with van der Waals surface area (Å²) >= 11 is 0. The molecule has 2 N–H and O–H groups in total. The van der Waals surface area contributed by atoms with Gasteiger partial charge >= 0.3 is 5.97 Å². The van der Waals surface area contributed by atoms with Gasteiger partial charge in [-0.3, -0.25) is 9.59 Å². The van der Waals surface area contributed by atoms with E-state index in [0.717, 1.165) is 17.5 Å². The van der Waals surface area contributed by atoms with Crippen LogP contribution >= 0.6 is 0 Å². The number of nitrogens with one attached hydrogen (secondary N) is 1. The van der Waals surface area contributed by atoms with Gasteiger partial charge in [-0.1, -0.05) is 48.5 Å². The van der Waals surface area contributed by atoms with E-state index in [1.54, 1.807) is 12.1 Å². The zero-order valence-electron chi connectivity index (χ0n) is 15.5. The van der Waals surface area contributed by atoms with Crippen molar-refractivity contribution in [3.05, 3.63) is 76.2 Å². The van der Waals surface area contributed by atoms with Crippen LogP contribution in [0.3, 0.4) is 0 Å². The molecule has 7 heteroatoms. The zero-order chi connectivity index (χ0) is 20.1. The molecule has 7 nitrogen and oxygen atoms in total. The Labute approximate surface area is 161 Å². The van der Waals surface area contributed by atoms with Gasteiger partial charge in [0, 0.05) is 11.4 Å². The van der Waals surface area contributed by atoms with Crippen LogP contribution in [-0.4, -0.2) is 32.8 Å². The molecule has 1 aromatic heterocycles. The number of nitrogens with zero attached hydrogens (tertiary/aromatic N) is 2. The van der Waals surface area contributed by atoms with Crippen molar-refractivity contribution in [1.29, 1.82) is 0 Å². The van der Waals surface area contributed by atoms with Crippen LogP contribution < -0.4 is 10.9 Å². The summed E-state index contributed by atoms with van der Waals surface area (Å²) in [6.45, 7) is 1.56. The predicted molar refractivity (Wildman–Crippen MR) is 105 cm³/mol. The Bertz CT molecular complexity index is 1060. The molecule has 0 unspecified atom stereocenters. The maximum Gasteiger partial charge on any atom is 0.357 e. The van der Waals surface area contributed by atoms with Crippen molar-refractivity contribution in [2.24, 2.45) is 0 Å². The highest BCUT2D eigenvalue weighted by atomic mass is 16.4. The molecular weight excluding hydrogens is 358 g/mol. The number of carboxylic acid groups (broad SMARTS) is 1. The van der Waals surface area contributed by atoms with E-state index in [1.807, 2.05) is 37.3 Å². The first-order valence-corrected chi connectivity index (χ1v) is 9.02. The van der Waals surface area contributed by atoms with Gasteiger partial charge in [-0.2, -0.15) is 5.10 Å². The third kappa shape index (κ3) is 4.43. The first kappa shape index (κ1) is 19.3. The monoisotopic (exact) mass is 379 g/mol. The highest BCUT2D eigenvalue weighted by molar-refractivity contribution is 6.01. The Hall–Kier alpha value is -3.48. The molecule has 0 radical (unpaired) electrons. The molecule has 0 bridgehead atoms. The topological polar surface area (TPSA) is 101 Å². The fraction of sp³-hybridized carbons (Fsp3) is 0.238. The van der Waals surface area contributed by atoms with Crippen molar-refractivity contribution >= 4 is 22.6 Å². The molecular formula is C21H21N3O4. The number of hydrogen-bond donors (Lipinski definition) is 2. The maximum atomic E-state index is 12.6. The van der Waals surface area contributed by atoms with Gasteiger partial charge in [-0.05, 0) is 31.4 Å². The molecule has 2 aromatic carbocycles. The Morgan fingerprint density at radius 3 is 2.39 bits per heavy atom. The second-order valence-corrected chi connectivity index (χ2v) is 6.65. The highest BCUT2D eigenvalue weighted by Crippen LogP contribution is 2.13. The lowest BCUT2D eigenvalue weighted by Crippen LogP contribution is -2.39. The second kappa shape index (κ2) is 8.47. The smallest absolute Gasteiger partial charge is 0.357 e. The van der Waals surface area contributed by atoms with E-state index in [9.17, 15) is 19.5 Å². The van der Waals surface area contributed by atoms with Gasteiger partial charge in [-0.15, -0.1) is 0 Å². The minimum absolute atomic E-state index is 0.0946. The lowest BCUT2D eigenvalue weighted by Gasteiger charge is -2.15. The third-order valence-corrected chi connectivity index (χ3v) is 4.48. The van der Waals surface area contributed by atoms with Crippen LogP contribution in [0.15, 0.2) is 59.4 Å². The average molecular weight is 379 g/mol. The Morgan fingerprint density at radius 2 is 1.71 bits per heavy atom. The lowest BCUT2D eigenvalue weighted by atomic mass is 10.1. The quantitative estimate of drug-likeness (QED) is 0.656. The van der Waals surface area contributed by atoms with Gasteiger partial charge in [-0.25, -0.2) is 9.48 Å². The van der Waals surface area contributed by atoms with E-state index in [-0.39, 0.29) is 35.0 Å². The first-order chi connectivity index (χ1) is 13.5. The summed E-state index contributed by atoms with van der Waals surface area (Å²) in [6, 6.07) is 16.2. The number of amides is 1. The summed E-state index contributed by atoms with van der Waals surface area (Å²) in [4.78, 5) is 36.4. The molecule has 0 aliphatic rings. The van der Waals surface area contributed by atoms with Crippen LogP contribution in [0.2, 0.25) is 0 Å². The molecule has 1 heterocycles. The van der Waals surface area contributed by atoms with E-state index in [1.165, 1.54) is 17.7 Å². The molecule has 1 amide bonds. The van der Waals surface area contributed by atoms with Gasteiger partial charge in [0.15, 0.2) is 5.69 Å². The van der Waals surface area contributed by atoms with E-state index >= 15 is 0 Å². The van der Waals surface area contributed by atoms with Crippen molar-refractivity contribution in [1.82, 2.24) is 15.1 Å². The number of aryl methyl sites for hydroxylation is 1. The molecule has 0 aliphatic carbocycles. The Morgan fingerprint density at radius 1 is 1.07 bits per heavy atom. The first-order valence-electron chi connectivity index (χ1n) is 9.02. The maximum absolute atomic E-state index is 12.6. The molecule has 3 aromatic rings. The SMILES string of the molecule is C[C@@H](CCc1ccccc1)NC(=O)Cn1nc(C(=O)O)c2ccccc2c1=O. The molecule has 3 rings (SSSR count). The Kier molecular flexibility index (Phi) is 5.84. The van der Waals surface area contributed by atoms with Crippen LogP contribution in [0.25, 0.3) is 10.8 Å². The predicted octanol–water partition coefficient (Wildman–Crippen LogP) is 2.23. The Balaban J connectivity index is 1.71. The van der Waals surface area contributed by atoms with Gasteiger partial charge < -0.3 is 10.4 Å². The van der Waals surface area contributed by atoms with Gasteiger partial charge in [0.05, 0.1) is 5.39 Å². The van der Waals surface area contributed by atoms with E-state index in [2.05, 4.69) is 10.4 Å². The fourth-order valence-electron chi connectivity index (χ4n) is 3.06. The molecule has 1 atom stereocenters. The van der Waals surface area contributed by atoms with Gasteiger partial charge in [0.25, 0.3) is 5.56 Å². The molecule has 28 heavy (non-hydrogen) atoms. The van der Waals surface area contributed by atoms with Crippen molar-refractivity contribution in [3.63, 3.8) is 0 Å². The molecule has 0 saturated carbocycles. The minimum atomic E-state index is -1.25. The van der Waals surface area contributed by atoms with Crippen LogP contribution in [0, 0.1) is 0 Å². The summed E-state index contributed by atoms with van der Waals surface area (Å²) in [6.07, 6.45) is 1.57. The van der Waals surface area contributed by atoms with Crippen molar-refractivity contribution < 1.29 is 14.7 Å². The van der Waals surface area contributed by atoms with Gasteiger partial charge in [0.1, 0.15) is 6.54 Å². The number of aromatic nitrogens is 2. The van der Waals surface area contributed by atoms with E-state index < -0.39 is 11.5 Å². The number of benzene rings is 2. The number of carbonyl (C=O) groups is 2. The molecule has 0 saturated heterocycles. The van der Waals surface area contributed by atoms with Crippen molar-refractivity contribution in [2.75, 3.05) is 0 Å². The summed E-state index contributed by atoms with van der Waals surface area (Å²) in [5.41, 5.74) is 0.440. The number of rotatable bonds is 7. The summed E-state index contributed by atoms with van der Waals surface area (Å²) in [7, 11) is 0. The number of fused-ring (bicyclic) bond motifs is 1. The van der Waals surface area contributed by atoms with Crippen molar-refractivity contribution in [3.8, 4) is 0 Å².